The molecule has 0 amide bonds. The average Bonchev–Trinajstić information content (AvgIpc) is 2.65. The van der Waals surface area contributed by atoms with Crippen LogP contribution in [0.25, 0.3) is 0 Å². The molecule has 1 atom stereocenters. The van der Waals surface area contributed by atoms with Crippen molar-refractivity contribution in [3.63, 3.8) is 0 Å². The fraction of sp³-hybridized carbons (Fsp3) is 0.600. The highest BCUT2D eigenvalue weighted by Gasteiger charge is 2.32. The number of ether oxygens (including phenoxy) is 1. The molecule has 1 unspecified atom stereocenters. The van der Waals surface area contributed by atoms with Crippen LogP contribution in [-0.2, 0) is 4.74 Å². The molecule has 0 radical (unpaired) electrons. The first-order valence-corrected chi connectivity index (χ1v) is 5.01. The fourth-order valence-corrected chi connectivity index (χ4v) is 1.57. The highest BCUT2D eigenvalue weighted by molar-refractivity contribution is 5.38. The van der Waals surface area contributed by atoms with Crippen LogP contribution >= 0.6 is 0 Å². The molecule has 1 aromatic rings. The predicted octanol–water partition coefficient (Wildman–Crippen LogP) is 0.348. The summed E-state index contributed by atoms with van der Waals surface area (Å²) in [6, 6.07) is 0. The van der Waals surface area contributed by atoms with E-state index in [0.717, 1.165) is 11.5 Å². The third kappa shape index (κ3) is 2.43. The van der Waals surface area contributed by atoms with E-state index in [4.69, 9.17) is 4.74 Å². The molecule has 1 aliphatic rings. The number of rotatable bonds is 3. The Morgan fingerprint density at radius 1 is 1.53 bits per heavy atom. The van der Waals surface area contributed by atoms with Gasteiger partial charge in [-0.15, -0.1) is 0 Å². The van der Waals surface area contributed by atoms with Crippen LogP contribution in [0.3, 0.4) is 0 Å². The van der Waals surface area contributed by atoms with Crippen LogP contribution < -0.4 is 5.32 Å². The number of aliphatic hydroxyl groups is 1. The van der Waals surface area contributed by atoms with Crippen LogP contribution in [0.2, 0.25) is 0 Å². The number of anilines is 1. The Morgan fingerprint density at radius 2 is 2.33 bits per heavy atom. The van der Waals surface area contributed by atoms with Gasteiger partial charge in [0.2, 0.25) is 0 Å². The molecule has 1 aromatic heterocycles. The third-order valence-corrected chi connectivity index (χ3v) is 2.55. The van der Waals surface area contributed by atoms with Crippen molar-refractivity contribution in [2.75, 3.05) is 25.1 Å². The number of hydrogen-bond acceptors (Lipinski definition) is 5. The lowest BCUT2D eigenvalue weighted by atomic mass is 10.0. The Balaban J connectivity index is 1.95. The van der Waals surface area contributed by atoms with Gasteiger partial charge in [-0.1, -0.05) is 0 Å². The molecule has 0 aromatic carbocycles. The molecule has 0 saturated carbocycles. The molecule has 0 aliphatic carbocycles. The lowest BCUT2D eigenvalue weighted by Crippen LogP contribution is -2.37. The van der Waals surface area contributed by atoms with Crippen LogP contribution in [0.4, 0.5) is 5.82 Å². The maximum Gasteiger partial charge on any atom is 0.147 e. The number of nitrogens with one attached hydrogen (secondary N) is 1. The summed E-state index contributed by atoms with van der Waals surface area (Å²) in [5.41, 5.74) is 0.0734. The number of nitrogens with zero attached hydrogens (tertiary/aromatic N) is 2. The molecule has 0 bridgehead atoms. The minimum atomic E-state index is -0.760. The van der Waals surface area contributed by atoms with E-state index >= 15 is 0 Å². The van der Waals surface area contributed by atoms with Gasteiger partial charge in [-0.25, -0.2) is 4.98 Å². The standard InChI is InChI=1S/C10H15N3O2/c1-8-9(12-4-3-11-8)13-6-10(14)2-5-15-7-10/h3-4,14H,2,5-7H2,1H3,(H,12,13). The summed E-state index contributed by atoms with van der Waals surface area (Å²) < 4.78 is 5.15. The topological polar surface area (TPSA) is 67.3 Å². The van der Waals surface area contributed by atoms with E-state index in [1.807, 2.05) is 6.92 Å². The monoisotopic (exact) mass is 209 g/mol. The van der Waals surface area contributed by atoms with Crippen LogP contribution in [0, 0.1) is 6.92 Å². The Hall–Kier alpha value is -1.20. The molecule has 5 nitrogen and oxygen atoms in total. The summed E-state index contributed by atoms with van der Waals surface area (Å²) in [6.45, 7) is 3.34. The van der Waals surface area contributed by atoms with Gasteiger partial charge in [0.25, 0.3) is 0 Å². The quantitative estimate of drug-likeness (QED) is 0.751. The highest BCUT2D eigenvalue weighted by atomic mass is 16.5. The largest absolute Gasteiger partial charge is 0.386 e. The second-order valence-corrected chi connectivity index (χ2v) is 3.87. The molecular weight excluding hydrogens is 194 g/mol. The van der Waals surface area contributed by atoms with E-state index < -0.39 is 5.60 Å². The molecule has 5 heteroatoms. The second kappa shape index (κ2) is 4.12. The van der Waals surface area contributed by atoms with Gasteiger partial charge in [-0.05, 0) is 6.92 Å². The first-order valence-electron chi connectivity index (χ1n) is 5.01. The molecule has 1 aliphatic heterocycles. The SMILES string of the molecule is Cc1nccnc1NCC1(O)CCOC1. The van der Waals surface area contributed by atoms with Crippen LogP contribution in [0.1, 0.15) is 12.1 Å². The van der Waals surface area contributed by atoms with Crippen molar-refractivity contribution in [1.29, 1.82) is 0 Å². The van der Waals surface area contributed by atoms with Gasteiger partial charge >= 0.3 is 0 Å². The molecule has 0 spiro atoms. The van der Waals surface area contributed by atoms with E-state index in [2.05, 4.69) is 15.3 Å². The minimum absolute atomic E-state index is 0.388. The van der Waals surface area contributed by atoms with Gasteiger partial charge in [0.05, 0.1) is 12.3 Å². The zero-order valence-corrected chi connectivity index (χ0v) is 8.73. The zero-order valence-electron chi connectivity index (χ0n) is 8.73. The van der Waals surface area contributed by atoms with Crippen LogP contribution in [0.5, 0.6) is 0 Å². The summed E-state index contributed by atoms with van der Waals surface area (Å²) in [4.78, 5) is 8.25. The Bertz CT molecular complexity index is 337. The van der Waals surface area contributed by atoms with Crippen molar-refractivity contribution < 1.29 is 9.84 Å². The first-order chi connectivity index (χ1) is 7.20. The van der Waals surface area contributed by atoms with Crippen molar-refractivity contribution in [3.05, 3.63) is 18.1 Å². The maximum atomic E-state index is 10.0. The molecular formula is C10H15N3O2. The van der Waals surface area contributed by atoms with Crippen molar-refractivity contribution in [2.24, 2.45) is 0 Å². The molecule has 2 N–H and O–H groups in total. The van der Waals surface area contributed by atoms with E-state index in [1.165, 1.54) is 0 Å². The van der Waals surface area contributed by atoms with Gasteiger partial charge in [0, 0.05) is 32.0 Å². The van der Waals surface area contributed by atoms with Gasteiger partial charge < -0.3 is 15.2 Å². The molecule has 2 heterocycles. The lowest BCUT2D eigenvalue weighted by Gasteiger charge is -2.21. The number of aryl methyl sites for hydroxylation is 1. The summed E-state index contributed by atoms with van der Waals surface area (Å²) >= 11 is 0. The Kier molecular flexibility index (Phi) is 2.83. The second-order valence-electron chi connectivity index (χ2n) is 3.87. The van der Waals surface area contributed by atoms with Crippen LogP contribution in [-0.4, -0.2) is 40.4 Å². The van der Waals surface area contributed by atoms with E-state index in [0.29, 0.717) is 26.2 Å². The fourth-order valence-electron chi connectivity index (χ4n) is 1.57. The summed E-state index contributed by atoms with van der Waals surface area (Å²) in [5.74, 6) is 0.720. The highest BCUT2D eigenvalue weighted by Crippen LogP contribution is 2.19. The van der Waals surface area contributed by atoms with E-state index in [9.17, 15) is 5.11 Å². The Morgan fingerprint density at radius 3 is 3.00 bits per heavy atom. The van der Waals surface area contributed by atoms with Crippen LogP contribution in [0.15, 0.2) is 12.4 Å². The minimum Gasteiger partial charge on any atom is -0.386 e. The summed E-state index contributed by atoms with van der Waals surface area (Å²) in [7, 11) is 0. The maximum absolute atomic E-state index is 10.0. The summed E-state index contributed by atoms with van der Waals surface area (Å²) in [5, 5.41) is 13.1. The number of aromatic nitrogens is 2. The van der Waals surface area contributed by atoms with Crippen molar-refractivity contribution in [1.82, 2.24) is 9.97 Å². The molecule has 1 saturated heterocycles. The molecule has 82 valence electrons. The normalized spacial score (nSPS) is 25.5. The van der Waals surface area contributed by atoms with E-state index in [-0.39, 0.29) is 0 Å². The molecule has 15 heavy (non-hydrogen) atoms. The Labute approximate surface area is 88.5 Å². The summed E-state index contributed by atoms with van der Waals surface area (Å²) in [6.07, 6.45) is 3.94. The lowest BCUT2D eigenvalue weighted by molar-refractivity contribution is 0.0381. The molecule has 2 rings (SSSR count). The van der Waals surface area contributed by atoms with Gasteiger partial charge in [0.15, 0.2) is 0 Å². The van der Waals surface area contributed by atoms with Crippen molar-refractivity contribution in [3.8, 4) is 0 Å². The molecule has 1 fully saturated rings. The third-order valence-electron chi connectivity index (χ3n) is 2.55. The van der Waals surface area contributed by atoms with Gasteiger partial charge in [-0.3, -0.25) is 4.98 Å². The first kappa shape index (κ1) is 10.3. The zero-order chi connectivity index (χ0) is 10.7. The van der Waals surface area contributed by atoms with Crippen molar-refractivity contribution in [2.45, 2.75) is 18.9 Å². The predicted molar refractivity (Wildman–Crippen MR) is 55.6 cm³/mol. The van der Waals surface area contributed by atoms with Gasteiger partial charge in [-0.2, -0.15) is 0 Å². The van der Waals surface area contributed by atoms with E-state index in [1.54, 1.807) is 12.4 Å². The van der Waals surface area contributed by atoms with Gasteiger partial charge in [0.1, 0.15) is 11.4 Å². The smallest absolute Gasteiger partial charge is 0.147 e. The number of hydrogen-bond donors (Lipinski definition) is 2. The average molecular weight is 209 g/mol. The van der Waals surface area contributed by atoms with Crippen molar-refractivity contribution >= 4 is 5.82 Å².